The first-order valence-electron chi connectivity index (χ1n) is 6.02. The van der Waals surface area contributed by atoms with Crippen molar-refractivity contribution in [3.05, 3.63) is 0 Å². The number of hydrogen-bond donors (Lipinski definition) is 0. The average Bonchev–Trinajstić information content (AvgIpc) is 2.28. The Morgan fingerprint density at radius 2 is 1.64 bits per heavy atom. The van der Waals surface area contributed by atoms with Crippen LogP contribution in [0.1, 0.15) is 65.7 Å². The van der Waals surface area contributed by atoms with Crippen LogP contribution < -0.4 is 0 Å². The minimum atomic E-state index is 0.232. The van der Waals surface area contributed by atoms with Crippen molar-refractivity contribution < 1.29 is 4.79 Å². The molecule has 0 atom stereocenters. The summed E-state index contributed by atoms with van der Waals surface area (Å²) in [6, 6.07) is 0. The van der Waals surface area contributed by atoms with Gasteiger partial charge in [0.05, 0.1) is 0 Å². The topological polar surface area (TPSA) is 17.1 Å². The first kappa shape index (κ1) is 11.7. The zero-order valence-electron chi connectivity index (χ0n) is 9.94. The third-order valence-electron chi connectivity index (χ3n) is 3.66. The van der Waals surface area contributed by atoms with E-state index in [0.717, 1.165) is 12.3 Å². The van der Waals surface area contributed by atoms with E-state index in [0.29, 0.717) is 5.78 Å². The molecule has 1 heteroatoms. The third-order valence-corrected chi connectivity index (χ3v) is 3.66. The summed E-state index contributed by atoms with van der Waals surface area (Å²) in [4.78, 5) is 11.2. The minimum Gasteiger partial charge on any atom is -0.300 e. The molecule has 0 aromatic heterocycles. The van der Waals surface area contributed by atoms with Gasteiger partial charge >= 0.3 is 0 Å². The van der Waals surface area contributed by atoms with E-state index in [9.17, 15) is 4.79 Å². The van der Waals surface area contributed by atoms with E-state index in [2.05, 4.69) is 13.8 Å². The lowest BCUT2D eigenvalue weighted by Crippen LogP contribution is -2.26. The molecule has 0 unspecified atom stereocenters. The van der Waals surface area contributed by atoms with Gasteiger partial charge in [-0.15, -0.1) is 0 Å². The van der Waals surface area contributed by atoms with Crippen molar-refractivity contribution in [2.45, 2.75) is 65.7 Å². The first-order valence-corrected chi connectivity index (χ1v) is 6.02. The molecule has 82 valence electrons. The molecule has 1 aliphatic carbocycles. The number of hydrogen-bond acceptors (Lipinski definition) is 1. The summed E-state index contributed by atoms with van der Waals surface area (Å²) >= 11 is 0. The van der Waals surface area contributed by atoms with Gasteiger partial charge in [-0.1, -0.05) is 39.5 Å². The molecule has 0 amide bonds. The van der Waals surface area contributed by atoms with Crippen molar-refractivity contribution in [3.8, 4) is 0 Å². The summed E-state index contributed by atoms with van der Waals surface area (Å²) in [5.41, 5.74) is 0.232. The molecule has 1 saturated carbocycles. The van der Waals surface area contributed by atoms with Gasteiger partial charge in [-0.3, -0.25) is 0 Å². The molecule has 0 N–H and O–H groups in total. The molecule has 0 radical (unpaired) electrons. The van der Waals surface area contributed by atoms with Crippen LogP contribution in [0.2, 0.25) is 0 Å². The quantitative estimate of drug-likeness (QED) is 0.624. The molecule has 1 nitrogen and oxygen atoms in total. The van der Waals surface area contributed by atoms with Crippen LogP contribution >= 0.6 is 0 Å². The van der Waals surface area contributed by atoms with Crippen molar-refractivity contribution >= 4 is 5.78 Å². The van der Waals surface area contributed by atoms with Crippen LogP contribution in [-0.2, 0) is 4.79 Å². The Kier molecular flexibility index (Phi) is 4.15. The maximum absolute atomic E-state index is 11.2. The summed E-state index contributed by atoms with van der Waals surface area (Å²) in [6.45, 7) is 6.26. The Morgan fingerprint density at radius 1 is 1.14 bits per heavy atom. The molecule has 1 aliphatic rings. The second kappa shape index (κ2) is 4.95. The second-order valence-corrected chi connectivity index (χ2v) is 5.56. The molecule has 1 rings (SSSR count). The summed E-state index contributed by atoms with van der Waals surface area (Å²) < 4.78 is 0. The smallest absolute Gasteiger partial charge is 0.130 e. The van der Waals surface area contributed by atoms with E-state index < -0.39 is 0 Å². The Hall–Kier alpha value is -0.330. The first-order chi connectivity index (χ1) is 6.52. The lowest BCUT2D eigenvalue weighted by molar-refractivity contribution is -0.119. The van der Waals surface area contributed by atoms with Crippen LogP contribution in [0.4, 0.5) is 0 Å². The maximum atomic E-state index is 11.2. The molecular formula is C13H24O. The van der Waals surface area contributed by atoms with Crippen LogP contribution in [0, 0.1) is 11.3 Å². The van der Waals surface area contributed by atoms with E-state index in [1.54, 1.807) is 6.92 Å². The van der Waals surface area contributed by atoms with Crippen molar-refractivity contribution in [2.24, 2.45) is 11.3 Å². The van der Waals surface area contributed by atoms with Crippen molar-refractivity contribution in [3.63, 3.8) is 0 Å². The van der Waals surface area contributed by atoms with Gasteiger partial charge in [0.1, 0.15) is 5.78 Å². The molecule has 1 fully saturated rings. The number of ketones is 1. The molecule has 0 aromatic carbocycles. The fraction of sp³-hybridized carbons (Fsp3) is 0.923. The zero-order chi connectivity index (χ0) is 10.6. The van der Waals surface area contributed by atoms with Crippen LogP contribution in [0.3, 0.4) is 0 Å². The molecule has 0 saturated heterocycles. The highest BCUT2D eigenvalue weighted by Gasteiger charge is 2.30. The second-order valence-electron chi connectivity index (χ2n) is 5.56. The molecule has 0 aromatic rings. The Labute approximate surface area is 88.3 Å². The lowest BCUT2D eigenvalue weighted by atomic mass is 9.72. The Balaban J connectivity index is 2.54. The number of rotatable bonds is 3. The van der Waals surface area contributed by atoms with E-state index in [1.807, 2.05) is 0 Å². The molecule has 0 aliphatic heterocycles. The normalized spacial score (nSPS) is 20.5. The van der Waals surface area contributed by atoms with E-state index >= 15 is 0 Å². The van der Waals surface area contributed by atoms with E-state index in [-0.39, 0.29) is 5.41 Å². The highest BCUT2D eigenvalue weighted by atomic mass is 16.1. The van der Waals surface area contributed by atoms with E-state index in [1.165, 1.54) is 38.5 Å². The third kappa shape index (κ3) is 3.43. The van der Waals surface area contributed by atoms with Gasteiger partial charge < -0.3 is 4.79 Å². The summed E-state index contributed by atoms with van der Waals surface area (Å²) in [7, 11) is 0. The highest BCUT2D eigenvalue weighted by molar-refractivity contribution is 5.76. The summed E-state index contributed by atoms with van der Waals surface area (Å²) in [6.07, 6.45) is 8.95. The summed E-state index contributed by atoms with van der Waals surface area (Å²) in [5.74, 6) is 1.12. The van der Waals surface area contributed by atoms with Crippen LogP contribution in [0.25, 0.3) is 0 Å². The molecule has 14 heavy (non-hydrogen) atoms. The van der Waals surface area contributed by atoms with Gasteiger partial charge in [0.15, 0.2) is 0 Å². The van der Waals surface area contributed by atoms with Crippen LogP contribution in [0.5, 0.6) is 0 Å². The lowest BCUT2D eigenvalue weighted by Gasteiger charge is -2.33. The van der Waals surface area contributed by atoms with Crippen LogP contribution in [0.15, 0.2) is 0 Å². The van der Waals surface area contributed by atoms with Crippen molar-refractivity contribution in [1.29, 1.82) is 0 Å². The van der Waals surface area contributed by atoms with Crippen molar-refractivity contribution in [1.82, 2.24) is 0 Å². The largest absolute Gasteiger partial charge is 0.300 e. The average molecular weight is 196 g/mol. The van der Waals surface area contributed by atoms with E-state index in [4.69, 9.17) is 0 Å². The summed E-state index contributed by atoms with van der Waals surface area (Å²) in [5, 5.41) is 0. The molecular weight excluding hydrogens is 172 g/mol. The molecule has 0 bridgehead atoms. The van der Waals surface area contributed by atoms with Gasteiger partial charge in [0.25, 0.3) is 0 Å². The van der Waals surface area contributed by atoms with Gasteiger partial charge in [-0.25, -0.2) is 0 Å². The number of carbonyl (C=O) groups is 1. The SMILES string of the molecule is CC(=O)CC(C)(C)C1CCCCCC1. The van der Waals surface area contributed by atoms with Gasteiger partial charge in [-0.2, -0.15) is 0 Å². The maximum Gasteiger partial charge on any atom is 0.130 e. The monoisotopic (exact) mass is 196 g/mol. The highest BCUT2D eigenvalue weighted by Crippen LogP contribution is 2.39. The van der Waals surface area contributed by atoms with Gasteiger partial charge in [-0.05, 0) is 31.1 Å². The predicted molar refractivity (Wildman–Crippen MR) is 60.3 cm³/mol. The zero-order valence-corrected chi connectivity index (χ0v) is 9.94. The van der Waals surface area contributed by atoms with Crippen molar-refractivity contribution in [2.75, 3.05) is 0 Å². The van der Waals surface area contributed by atoms with Crippen LogP contribution in [-0.4, -0.2) is 5.78 Å². The Morgan fingerprint density at radius 3 is 2.07 bits per heavy atom. The standard InChI is InChI=1S/C13H24O/c1-11(14)10-13(2,3)12-8-6-4-5-7-9-12/h12H,4-10H2,1-3H3. The number of Topliss-reactive ketones (excluding diaryl/α,β-unsaturated/α-hetero) is 1. The number of carbonyl (C=O) groups excluding carboxylic acids is 1. The Bertz CT molecular complexity index is 185. The molecule has 0 heterocycles. The fourth-order valence-corrected chi connectivity index (χ4v) is 2.85. The van der Waals surface area contributed by atoms with Gasteiger partial charge in [0.2, 0.25) is 0 Å². The molecule has 0 spiro atoms. The minimum absolute atomic E-state index is 0.232. The predicted octanol–water partition coefficient (Wildman–Crippen LogP) is 3.96. The van der Waals surface area contributed by atoms with Gasteiger partial charge in [0, 0.05) is 6.42 Å². The fourth-order valence-electron chi connectivity index (χ4n) is 2.85.